The van der Waals surface area contributed by atoms with Crippen LogP contribution in [-0.2, 0) is 12.8 Å². The average molecular weight is 435 g/mol. The van der Waals surface area contributed by atoms with Crippen LogP contribution in [0.2, 0.25) is 5.02 Å². The van der Waals surface area contributed by atoms with E-state index in [9.17, 15) is 9.90 Å². The monoisotopic (exact) mass is 434 g/mol. The summed E-state index contributed by atoms with van der Waals surface area (Å²) in [5.41, 5.74) is 2.74. The fourth-order valence-electron chi connectivity index (χ4n) is 4.38. The number of aromatic hydroxyl groups is 1. The first-order chi connectivity index (χ1) is 13.7. The van der Waals surface area contributed by atoms with E-state index in [4.69, 9.17) is 16.3 Å². The molecule has 2 atom stereocenters. The minimum atomic E-state index is -0.564. The van der Waals surface area contributed by atoms with Gasteiger partial charge in [0.15, 0.2) is 11.5 Å². The second-order valence-electron chi connectivity index (χ2n) is 8.59. The lowest BCUT2D eigenvalue weighted by Crippen LogP contribution is -2.38. The van der Waals surface area contributed by atoms with Crippen molar-refractivity contribution < 1.29 is 14.6 Å². The molecule has 0 unspecified atom stereocenters. The number of carbonyl (C=O) groups excluding carboxylic acids is 1. The van der Waals surface area contributed by atoms with Crippen LogP contribution in [0.3, 0.4) is 0 Å². The first-order valence-electron chi connectivity index (χ1n) is 10.0. The Bertz CT molecular complexity index is 969. The Balaban J connectivity index is 1.67. The molecule has 2 heterocycles. The summed E-state index contributed by atoms with van der Waals surface area (Å²) in [6, 6.07) is 3.20. The second kappa shape index (κ2) is 7.40. The first-order valence-corrected chi connectivity index (χ1v) is 11.2. The molecule has 0 saturated carbocycles. The Morgan fingerprint density at radius 3 is 2.79 bits per heavy atom. The van der Waals surface area contributed by atoms with E-state index in [-0.39, 0.29) is 17.4 Å². The van der Waals surface area contributed by atoms with Crippen molar-refractivity contribution in [3.05, 3.63) is 38.7 Å². The van der Waals surface area contributed by atoms with E-state index in [1.165, 1.54) is 17.6 Å². The quantitative estimate of drug-likeness (QED) is 0.593. The van der Waals surface area contributed by atoms with Crippen LogP contribution in [0.4, 0.5) is 5.00 Å². The first kappa shape index (κ1) is 20.4. The van der Waals surface area contributed by atoms with Crippen LogP contribution in [0.1, 0.15) is 66.1 Å². The normalized spacial score (nSPS) is 21.1. The molecule has 156 valence electrons. The summed E-state index contributed by atoms with van der Waals surface area (Å²) in [6.07, 6.45) is 3.65. The van der Waals surface area contributed by atoms with E-state index in [2.05, 4.69) is 31.4 Å². The highest BCUT2D eigenvalue weighted by molar-refractivity contribution is 7.16. The van der Waals surface area contributed by atoms with Crippen molar-refractivity contribution in [2.75, 3.05) is 12.4 Å². The molecule has 0 bridgehead atoms. The molecule has 1 amide bonds. The number of hydrogen-bond acceptors (Lipinski definition) is 5. The maximum absolute atomic E-state index is 13.0. The lowest BCUT2D eigenvalue weighted by molar-refractivity contribution is 0.0934. The molecule has 0 spiro atoms. The number of ether oxygens (including phenoxy) is 1. The maximum Gasteiger partial charge on any atom is 0.256 e. The number of anilines is 1. The number of methoxy groups -OCH3 is 1. The molecule has 0 saturated heterocycles. The molecule has 5 nitrogen and oxygen atoms in total. The molecular weight excluding hydrogens is 408 g/mol. The highest BCUT2D eigenvalue weighted by Gasteiger charge is 2.38. The summed E-state index contributed by atoms with van der Waals surface area (Å²) in [4.78, 5) is 14.3. The predicted octanol–water partition coefficient (Wildman–Crippen LogP) is 5.51. The number of fused-ring (bicyclic) bond motifs is 3. The van der Waals surface area contributed by atoms with Crippen molar-refractivity contribution in [3.8, 4) is 11.5 Å². The van der Waals surface area contributed by atoms with Gasteiger partial charge in [0.05, 0.1) is 12.7 Å². The Morgan fingerprint density at radius 2 is 2.10 bits per heavy atom. The van der Waals surface area contributed by atoms with Gasteiger partial charge in [-0.3, -0.25) is 4.79 Å². The molecule has 2 aromatic rings. The van der Waals surface area contributed by atoms with Gasteiger partial charge in [-0.2, -0.15) is 0 Å². The topological polar surface area (TPSA) is 70.6 Å². The minimum absolute atomic E-state index is 0.0239. The van der Waals surface area contributed by atoms with E-state index in [1.807, 2.05) is 0 Å². The van der Waals surface area contributed by atoms with Crippen LogP contribution in [0, 0.1) is 11.3 Å². The summed E-state index contributed by atoms with van der Waals surface area (Å²) in [7, 11) is 1.47. The molecule has 7 heteroatoms. The largest absolute Gasteiger partial charge is 0.504 e. The molecule has 1 aliphatic carbocycles. The van der Waals surface area contributed by atoms with Crippen LogP contribution in [0.5, 0.6) is 11.5 Å². The molecule has 1 aromatic carbocycles. The van der Waals surface area contributed by atoms with Gasteiger partial charge in [-0.05, 0) is 42.2 Å². The summed E-state index contributed by atoms with van der Waals surface area (Å²) >= 11 is 7.86. The fraction of sp³-hybridized carbons (Fsp3) is 0.500. The van der Waals surface area contributed by atoms with Gasteiger partial charge >= 0.3 is 0 Å². The van der Waals surface area contributed by atoms with Gasteiger partial charge in [0.1, 0.15) is 11.2 Å². The summed E-state index contributed by atoms with van der Waals surface area (Å²) < 4.78 is 5.20. The van der Waals surface area contributed by atoms with Crippen LogP contribution in [-0.4, -0.2) is 18.1 Å². The van der Waals surface area contributed by atoms with Crippen LogP contribution in [0.15, 0.2) is 12.1 Å². The third-order valence-electron chi connectivity index (χ3n) is 6.66. The number of halogens is 1. The van der Waals surface area contributed by atoms with E-state index in [0.717, 1.165) is 36.2 Å². The van der Waals surface area contributed by atoms with Gasteiger partial charge in [0.25, 0.3) is 5.91 Å². The molecule has 2 aliphatic rings. The number of nitrogens with one attached hydrogen (secondary N) is 2. The summed E-state index contributed by atoms with van der Waals surface area (Å²) in [5.74, 6) is 0.779. The lowest BCUT2D eigenvalue weighted by Gasteiger charge is -2.36. The smallest absolute Gasteiger partial charge is 0.256 e. The van der Waals surface area contributed by atoms with Crippen molar-refractivity contribution in [2.45, 2.75) is 52.6 Å². The summed E-state index contributed by atoms with van der Waals surface area (Å²) in [6.45, 7) is 6.93. The van der Waals surface area contributed by atoms with Gasteiger partial charge in [-0.15, -0.1) is 11.3 Å². The molecule has 3 N–H and O–H groups in total. The number of hydrogen-bond donors (Lipinski definition) is 3. The molecular formula is C22H27ClN2O3S. The fourth-order valence-corrected chi connectivity index (χ4v) is 5.95. The number of carbonyl (C=O) groups is 1. The Morgan fingerprint density at radius 1 is 1.34 bits per heavy atom. The van der Waals surface area contributed by atoms with Gasteiger partial charge in [0, 0.05) is 21.5 Å². The summed E-state index contributed by atoms with van der Waals surface area (Å²) in [5, 5.41) is 18.2. The van der Waals surface area contributed by atoms with E-state index in [1.54, 1.807) is 23.5 Å². The maximum atomic E-state index is 13.0. The molecule has 29 heavy (non-hydrogen) atoms. The van der Waals surface area contributed by atoms with Crippen molar-refractivity contribution in [1.29, 1.82) is 0 Å². The Hall–Kier alpha value is -1.92. The van der Waals surface area contributed by atoms with Gasteiger partial charge < -0.3 is 20.5 Å². The number of rotatable bonds is 4. The predicted molar refractivity (Wildman–Crippen MR) is 117 cm³/mol. The zero-order chi connectivity index (χ0) is 20.9. The van der Waals surface area contributed by atoms with Crippen molar-refractivity contribution >= 4 is 33.8 Å². The number of amides is 1. The third kappa shape index (κ3) is 3.46. The van der Waals surface area contributed by atoms with Crippen molar-refractivity contribution in [1.82, 2.24) is 5.32 Å². The zero-order valence-electron chi connectivity index (χ0n) is 17.2. The number of phenolic OH excluding ortho intramolecular Hbond substituents is 1. The van der Waals surface area contributed by atoms with Gasteiger partial charge in [-0.1, -0.05) is 38.8 Å². The number of phenols is 1. The minimum Gasteiger partial charge on any atom is -0.504 e. The lowest BCUT2D eigenvalue weighted by atomic mass is 9.69. The van der Waals surface area contributed by atoms with Gasteiger partial charge in [0.2, 0.25) is 0 Å². The highest BCUT2D eigenvalue weighted by atomic mass is 35.5. The van der Waals surface area contributed by atoms with E-state index < -0.39 is 6.17 Å². The molecule has 0 radical (unpaired) electrons. The van der Waals surface area contributed by atoms with Gasteiger partial charge in [-0.25, -0.2) is 0 Å². The molecule has 1 aliphatic heterocycles. The Kier molecular flexibility index (Phi) is 5.20. The SMILES string of the molecule is CCC(C)(C)[C@@H]1CCc2c(sc3c2C(=O)N[C@H](c2cc(Cl)cc(OC)c2O)N3)C1. The van der Waals surface area contributed by atoms with Crippen molar-refractivity contribution in [3.63, 3.8) is 0 Å². The average Bonchev–Trinajstić information content (AvgIpc) is 3.07. The van der Waals surface area contributed by atoms with Crippen molar-refractivity contribution in [2.24, 2.45) is 11.3 Å². The van der Waals surface area contributed by atoms with E-state index in [0.29, 0.717) is 21.9 Å². The standard InChI is InChI=1S/C22H27ClN2O3S/c1-5-22(2,3)11-6-7-13-16(8-11)29-21-17(13)20(27)24-19(25-21)14-9-12(23)10-15(28-4)18(14)26/h9-11,19,25-26H,5-8H2,1-4H3,(H,24,27)/t11-,19+/m1/s1. The van der Waals surface area contributed by atoms with Crippen LogP contribution < -0.4 is 15.4 Å². The molecule has 4 rings (SSSR count). The molecule has 1 aromatic heterocycles. The zero-order valence-corrected chi connectivity index (χ0v) is 18.8. The highest BCUT2D eigenvalue weighted by Crippen LogP contribution is 2.48. The van der Waals surface area contributed by atoms with Crippen LogP contribution in [0.25, 0.3) is 0 Å². The van der Waals surface area contributed by atoms with E-state index >= 15 is 0 Å². The third-order valence-corrected chi connectivity index (χ3v) is 8.06. The molecule has 0 fully saturated rings. The number of benzene rings is 1. The van der Waals surface area contributed by atoms with Crippen LogP contribution >= 0.6 is 22.9 Å². The second-order valence-corrected chi connectivity index (χ2v) is 10.1. The number of thiophene rings is 1. The Labute approximate surface area is 180 Å².